The van der Waals surface area contributed by atoms with Crippen molar-refractivity contribution in [1.82, 2.24) is 16.0 Å². The van der Waals surface area contributed by atoms with Crippen molar-refractivity contribution in [2.24, 2.45) is 17.2 Å². The quantitative estimate of drug-likeness (QED) is 0.0824. The van der Waals surface area contributed by atoms with Crippen LogP contribution >= 0.6 is 11.8 Å². The van der Waals surface area contributed by atoms with E-state index in [0.717, 1.165) is 0 Å². The summed E-state index contributed by atoms with van der Waals surface area (Å²) in [6.07, 6.45) is 1.78. The molecule has 0 fully saturated rings. The van der Waals surface area contributed by atoms with Gasteiger partial charge >= 0.3 is 11.9 Å². The molecule has 0 aliphatic heterocycles. The van der Waals surface area contributed by atoms with Gasteiger partial charge in [0.2, 0.25) is 23.6 Å². The standard InChI is InChI=1S/C20H36N6O8S/c1-35-9-7-11(22)17(30)24-13(5-6-16(28)29)19(32)25-12(4-2-3-8-21)18(31)26-14(20(33)34)10-15(23)27/h11-14H,2-10,21-22H2,1H3,(H2,23,27)(H,24,30)(H,25,32)(H,26,31)(H,28,29)(H,33,34). The minimum atomic E-state index is -1.61. The van der Waals surface area contributed by atoms with Crippen LogP contribution in [0.3, 0.4) is 0 Å². The van der Waals surface area contributed by atoms with Crippen molar-refractivity contribution in [3.8, 4) is 0 Å². The van der Waals surface area contributed by atoms with Crippen LogP contribution in [0.5, 0.6) is 0 Å². The lowest BCUT2D eigenvalue weighted by molar-refractivity contribution is -0.143. The molecule has 11 N–H and O–H groups in total. The van der Waals surface area contributed by atoms with Gasteiger partial charge in [-0.1, -0.05) is 0 Å². The third-order valence-corrected chi connectivity index (χ3v) is 5.49. The number of aliphatic carboxylic acids is 2. The van der Waals surface area contributed by atoms with E-state index in [4.69, 9.17) is 22.3 Å². The lowest BCUT2D eigenvalue weighted by atomic mass is 10.0. The molecule has 0 saturated carbocycles. The van der Waals surface area contributed by atoms with Gasteiger partial charge in [-0.25, -0.2) is 4.79 Å². The molecule has 4 unspecified atom stereocenters. The second-order valence-corrected chi connectivity index (χ2v) is 8.78. The van der Waals surface area contributed by atoms with Crippen LogP contribution in [0.15, 0.2) is 0 Å². The van der Waals surface area contributed by atoms with E-state index in [1.165, 1.54) is 11.8 Å². The van der Waals surface area contributed by atoms with E-state index in [1.54, 1.807) is 0 Å². The summed E-state index contributed by atoms with van der Waals surface area (Å²) >= 11 is 1.48. The first-order chi connectivity index (χ1) is 16.4. The van der Waals surface area contributed by atoms with Gasteiger partial charge in [0.15, 0.2) is 0 Å². The summed E-state index contributed by atoms with van der Waals surface area (Å²) in [6, 6.07) is -5.06. The fourth-order valence-corrected chi connectivity index (χ4v) is 3.39. The molecule has 4 atom stereocenters. The van der Waals surface area contributed by atoms with Gasteiger partial charge in [-0.15, -0.1) is 0 Å². The van der Waals surface area contributed by atoms with E-state index in [9.17, 15) is 33.9 Å². The maximum atomic E-state index is 12.9. The third kappa shape index (κ3) is 14.2. The van der Waals surface area contributed by atoms with Gasteiger partial charge in [0.05, 0.1) is 12.5 Å². The summed E-state index contributed by atoms with van der Waals surface area (Å²) in [4.78, 5) is 71.5. The molecule has 15 heteroatoms. The van der Waals surface area contributed by atoms with Gasteiger partial charge in [-0.3, -0.25) is 24.0 Å². The Hall–Kier alpha value is -2.91. The summed E-state index contributed by atoms with van der Waals surface area (Å²) in [5.74, 6) is -5.42. The summed E-state index contributed by atoms with van der Waals surface area (Å²) in [6.45, 7) is 0.312. The second kappa shape index (κ2) is 17.5. The molecule has 14 nitrogen and oxygen atoms in total. The van der Waals surface area contributed by atoms with E-state index < -0.39 is 72.6 Å². The summed E-state index contributed by atoms with van der Waals surface area (Å²) in [5.41, 5.74) is 16.3. The van der Waals surface area contributed by atoms with Crippen LogP contribution in [-0.4, -0.2) is 88.5 Å². The van der Waals surface area contributed by atoms with Crippen molar-refractivity contribution >= 4 is 47.3 Å². The molecular weight excluding hydrogens is 484 g/mol. The van der Waals surface area contributed by atoms with E-state index >= 15 is 0 Å². The number of unbranched alkanes of at least 4 members (excludes halogenated alkanes) is 1. The first-order valence-electron chi connectivity index (χ1n) is 11.0. The number of amides is 4. The zero-order valence-electron chi connectivity index (χ0n) is 19.7. The average Bonchev–Trinajstić information content (AvgIpc) is 2.78. The number of carboxylic acids is 2. The van der Waals surface area contributed by atoms with E-state index in [0.29, 0.717) is 31.6 Å². The van der Waals surface area contributed by atoms with Crippen molar-refractivity contribution in [2.75, 3.05) is 18.6 Å². The van der Waals surface area contributed by atoms with Crippen LogP contribution in [0.1, 0.15) is 44.9 Å². The van der Waals surface area contributed by atoms with Crippen LogP contribution < -0.4 is 33.2 Å². The first kappa shape index (κ1) is 32.1. The van der Waals surface area contributed by atoms with Gasteiger partial charge in [-0.05, 0) is 50.7 Å². The molecule has 0 radical (unpaired) electrons. The Morgan fingerprint density at radius 3 is 1.86 bits per heavy atom. The molecule has 0 aliphatic rings. The first-order valence-corrected chi connectivity index (χ1v) is 12.4. The lowest BCUT2D eigenvalue weighted by Crippen LogP contribution is -2.57. The number of nitrogens with two attached hydrogens (primary N) is 3. The highest BCUT2D eigenvalue weighted by Gasteiger charge is 2.30. The van der Waals surface area contributed by atoms with Gasteiger partial charge in [0.25, 0.3) is 0 Å². The maximum absolute atomic E-state index is 12.9. The summed E-state index contributed by atoms with van der Waals surface area (Å²) < 4.78 is 0. The van der Waals surface area contributed by atoms with Crippen LogP contribution in [0, 0.1) is 0 Å². The van der Waals surface area contributed by atoms with Crippen molar-refractivity contribution < 1.29 is 39.0 Å². The predicted octanol–water partition coefficient (Wildman–Crippen LogP) is -2.52. The number of hydrogen-bond donors (Lipinski definition) is 8. The lowest BCUT2D eigenvalue weighted by Gasteiger charge is -2.25. The smallest absolute Gasteiger partial charge is 0.326 e. The van der Waals surface area contributed by atoms with Crippen LogP contribution in [0.2, 0.25) is 0 Å². The number of carboxylic acid groups (broad SMARTS) is 2. The van der Waals surface area contributed by atoms with E-state index in [2.05, 4.69) is 16.0 Å². The monoisotopic (exact) mass is 520 g/mol. The topological polar surface area (TPSA) is 257 Å². The number of carbonyl (C=O) groups is 6. The molecule has 200 valence electrons. The van der Waals surface area contributed by atoms with Crippen LogP contribution in [0.25, 0.3) is 0 Å². The number of nitrogens with one attached hydrogen (secondary N) is 3. The molecular formula is C20H36N6O8S. The Kier molecular flexibility index (Phi) is 16.1. The Labute approximate surface area is 207 Å². The molecule has 0 spiro atoms. The largest absolute Gasteiger partial charge is 0.481 e. The maximum Gasteiger partial charge on any atom is 0.326 e. The molecule has 0 aromatic carbocycles. The van der Waals surface area contributed by atoms with Gasteiger partial charge in [-0.2, -0.15) is 11.8 Å². The number of primary amides is 1. The molecule has 0 aromatic heterocycles. The fraction of sp³-hybridized carbons (Fsp3) is 0.700. The average molecular weight is 521 g/mol. The fourth-order valence-electron chi connectivity index (χ4n) is 2.90. The van der Waals surface area contributed by atoms with Crippen molar-refractivity contribution in [3.63, 3.8) is 0 Å². The highest BCUT2D eigenvalue weighted by Crippen LogP contribution is 2.07. The van der Waals surface area contributed by atoms with Crippen molar-refractivity contribution in [1.29, 1.82) is 0 Å². The second-order valence-electron chi connectivity index (χ2n) is 7.80. The van der Waals surface area contributed by atoms with Crippen molar-refractivity contribution in [3.05, 3.63) is 0 Å². The van der Waals surface area contributed by atoms with Crippen LogP contribution in [0.4, 0.5) is 0 Å². The minimum Gasteiger partial charge on any atom is -0.481 e. The number of thioether (sulfide) groups is 1. The highest BCUT2D eigenvalue weighted by molar-refractivity contribution is 7.98. The third-order valence-electron chi connectivity index (χ3n) is 4.85. The van der Waals surface area contributed by atoms with Crippen LogP contribution in [-0.2, 0) is 28.8 Å². The highest BCUT2D eigenvalue weighted by atomic mass is 32.2. The molecule has 0 aromatic rings. The van der Waals surface area contributed by atoms with E-state index in [1.807, 2.05) is 6.26 Å². The SMILES string of the molecule is CSCCC(N)C(=O)NC(CCC(=O)O)C(=O)NC(CCCCN)C(=O)NC(CC(N)=O)C(=O)O. The number of hydrogen-bond acceptors (Lipinski definition) is 9. The molecule has 0 rings (SSSR count). The Morgan fingerprint density at radius 2 is 1.37 bits per heavy atom. The number of carbonyl (C=O) groups excluding carboxylic acids is 4. The summed E-state index contributed by atoms with van der Waals surface area (Å²) in [7, 11) is 0. The predicted molar refractivity (Wildman–Crippen MR) is 128 cm³/mol. The minimum absolute atomic E-state index is 0.0739. The van der Waals surface area contributed by atoms with Crippen molar-refractivity contribution in [2.45, 2.75) is 69.1 Å². The van der Waals surface area contributed by atoms with Gasteiger partial charge < -0.3 is 43.4 Å². The van der Waals surface area contributed by atoms with Gasteiger partial charge in [0, 0.05) is 6.42 Å². The molecule has 0 bridgehead atoms. The molecule has 4 amide bonds. The Bertz CT molecular complexity index is 753. The molecule has 0 saturated heterocycles. The van der Waals surface area contributed by atoms with E-state index in [-0.39, 0.29) is 12.8 Å². The molecule has 35 heavy (non-hydrogen) atoms. The zero-order valence-corrected chi connectivity index (χ0v) is 20.5. The molecule has 0 aliphatic carbocycles. The molecule has 0 heterocycles. The normalized spacial score (nSPS) is 14.1. The Morgan fingerprint density at radius 1 is 0.829 bits per heavy atom. The summed E-state index contributed by atoms with van der Waals surface area (Å²) in [5, 5.41) is 25.2. The zero-order chi connectivity index (χ0) is 27.0. The Balaban J connectivity index is 5.55. The van der Waals surface area contributed by atoms with Gasteiger partial charge in [0.1, 0.15) is 18.1 Å². The number of rotatable bonds is 19.